The summed E-state index contributed by atoms with van der Waals surface area (Å²) in [4.78, 5) is 0. The van der Waals surface area contributed by atoms with Crippen molar-refractivity contribution >= 4 is 17.3 Å². The second-order valence-corrected chi connectivity index (χ2v) is 4.39. The Labute approximate surface area is 106 Å². The van der Waals surface area contributed by atoms with Gasteiger partial charge in [0.2, 0.25) is 0 Å². The Balaban J connectivity index is 1.90. The van der Waals surface area contributed by atoms with Gasteiger partial charge in [0.05, 0.1) is 6.20 Å². The molecule has 0 atom stereocenters. The first-order valence-corrected chi connectivity index (χ1v) is 6.17. The van der Waals surface area contributed by atoms with Crippen molar-refractivity contribution in [1.29, 1.82) is 0 Å². The molecule has 1 heterocycles. The Morgan fingerprint density at radius 1 is 1.24 bits per heavy atom. The second kappa shape index (κ2) is 5.73. The van der Waals surface area contributed by atoms with Crippen LogP contribution in [0.4, 0.5) is 5.69 Å². The fraction of sp³-hybridized carbons (Fsp3) is 0.308. The van der Waals surface area contributed by atoms with Gasteiger partial charge >= 0.3 is 0 Å². The van der Waals surface area contributed by atoms with Crippen molar-refractivity contribution in [3.63, 3.8) is 0 Å². The van der Waals surface area contributed by atoms with Gasteiger partial charge in [-0.25, -0.2) is 0 Å². The summed E-state index contributed by atoms with van der Waals surface area (Å²) in [5, 5.41) is 7.49. The lowest BCUT2D eigenvalue weighted by Gasteiger charge is -2.05. The molecule has 1 N–H and O–H groups in total. The molecule has 0 aliphatic rings. The van der Waals surface area contributed by atoms with Crippen molar-refractivity contribution in [1.82, 2.24) is 9.78 Å². The lowest BCUT2D eigenvalue weighted by molar-refractivity contribution is 0.767. The van der Waals surface area contributed by atoms with E-state index in [1.165, 1.54) is 11.1 Å². The molecule has 90 valence electrons. The maximum atomic E-state index is 5.69. The summed E-state index contributed by atoms with van der Waals surface area (Å²) >= 11 is 5.69. The summed E-state index contributed by atoms with van der Waals surface area (Å²) in [6.07, 6.45) is 4.80. The van der Waals surface area contributed by atoms with Crippen LogP contribution in [0.1, 0.15) is 11.1 Å². The number of rotatable bonds is 5. The second-order valence-electron chi connectivity index (χ2n) is 4.01. The highest BCUT2D eigenvalue weighted by molar-refractivity contribution is 6.17. The number of hydrogen-bond acceptors (Lipinski definition) is 2. The van der Waals surface area contributed by atoms with E-state index in [-0.39, 0.29) is 0 Å². The molecule has 0 unspecified atom stereocenters. The van der Waals surface area contributed by atoms with Gasteiger partial charge in [0.25, 0.3) is 0 Å². The van der Waals surface area contributed by atoms with Crippen LogP contribution in [-0.4, -0.2) is 15.7 Å². The van der Waals surface area contributed by atoms with Crippen LogP contribution >= 0.6 is 11.6 Å². The van der Waals surface area contributed by atoms with Crippen molar-refractivity contribution in [3.8, 4) is 0 Å². The third-order valence-electron chi connectivity index (χ3n) is 2.59. The highest BCUT2D eigenvalue weighted by Gasteiger charge is 1.97. The SMILES string of the molecule is Cn1cc(CNc2ccc(CCCl)cc2)cn1. The predicted octanol–water partition coefficient (Wildman–Crippen LogP) is 2.81. The maximum Gasteiger partial charge on any atom is 0.0539 e. The largest absolute Gasteiger partial charge is 0.381 e. The van der Waals surface area contributed by atoms with Crippen LogP contribution in [0.15, 0.2) is 36.7 Å². The summed E-state index contributed by atoms with van der Waals surface area (Å²) in [6.45, 7) is 0.794. The van der Waals surface area contributed by atoms with Gasteiger partial charge in [-0.1, -0.05) is 12.1 Å². The zero-order valence-electron chi connectivity index (χ0n) is 9.86. The topological polar surface area (TPSA) is 29.9 Å². The van der Waals surface area contributed by atoms with E-state index in [4.69, 9.17) is 11.6 Å². The molecule has 1 aromatic carbocycles. The van der Waals surface area contributed by atoms with Crippen LogP contribution < -0.4 is 5.32 Å². The van der Waals surface area contributed by atoms with Crippen molar-refractivity contribution in [3.05, 3.63) is 47.8 Å². The molecule has 0 aliphatic carbocycles. The minimum absolute atomic E-state index is 0.669. The van der Waals surface area contributed by atoms with Crippen molar-refractivity contribution in [2.75, 3.05) is 11.2 Å². The minimum atomic E-state index is 0.669. The van der Waals surface area contributed by atoms with E-state index in [0.717, 1.165) is 18.7 Å². The minimum Gasteiger partial charge on any atom is -0.381 e. The lowest BCUT2D eigenvalue weighted by Crippen LogP contribution is -1.98. The van der Waals surface area contributed by atoms with E-state index in [2.05, 4.69) is 34.7 Å². The number of alkyl halides is 1. The summed E-state index contributed by atoms with van der Waals surface area (Å²) in [5.74, 6) is 0.669. The average Bonchev–Trinajstić information content (AvgIpc) is 2.75. The quantitative estimate of drug-likeness (QED) is 0.826. The monoisotopic (exact) mass is 249 g/mol. The van der Waals surface area contributed by atoms with Gasteiger partial charge in [-0.3, -0.25) is 4.68 Å². The molecule has 17 heavy (non-hydrogen) atoms. The molecule has 4 heteroatoms. The number of benzene rings is 1. The highest BCUT2D eigenvalue weighted by atomic mass is 35.5. The van der Waals surface area contributed by atoms with Gasteiger partial charge < -0.3 is 5.32 Å². The molecule has 3 nitrogen and oxygen atoms in total. The molecule has 0 spiro atoms. The van der Waals surface area contributed by atoms with Gasteiger partial charge in [0.15, 0.2) is 0 Å². The summed E-state index contributed by atoms with van der Waals surface area (Å²) in [7, 11) is 1.92. The first-order chi connectivity index (χ1) is 8.28. The number of aryl methyl sites for hydroxylation is 2. The van der Waals surface area contributed by atoms with Crippen LogP contribution in [0.25, 0.3) is 0 Å². The molecular formula is C13H16ClN3. The number of hydrogen-bond donors (Lipinski definition) is 1. The van der Waals surface area contributed by atoms with Gasteiger partial charge in [-0.15, -0.1) is 11.6 Å². The summed E-state index contributed by atoms with van der Waals surface area (Å²) in [5.41, 5.74) is 3.57. The standard InChI is InChI=1S/C13H16ClN3/c1-17-10-12(9-16-17)8-15-13-4-2-11(3-5-13)6-7-14/h2-5,9-10,15H,6-8H2,1H3. The van der Waals surface area contributed by atoms with Crippen molar-refractivity contribution in [2.45, 2.75) is 13.0 Å². The molecule has 0 radical (unpaired) electrons. The Hall–Kier alpha value is -1.48. The fourth-order valence-corrected chi connectivity index (χ4v) is 1.88. The van der Waals surface area contributed by atoms with Crippen LogP contribution in [-0.2, 0) is 20.0 Å². The molecule has 0 bridgehead atoms. The van der Waals surface area contributed by atoms with E-state index in [0.29, 0.717) is 5.88 Å². The Morgan fingerprint density at radius 3 is 2.59 bits per heavy atom. The number of anilines is 1. The number of aromatic nitrogens is 2. The first kappa shape index (κ1) is 12.0. The third kappa shape index (κ3) is 3.49. The number of nitrogens with one attached hydrogen (secondary N) is 1. The number of halogens is 1. The molecule has 2 rings (SSSR count). The third-order valence-corrected chi connectivity index (χ3v) is 2.78. The summed E-state index contributed by atoms with van der Waals surface area (Å²) in [6, 6.07) is 8.37. The molecule has 0 fully saturated rings. The van der Waals surface area contributed by atoms with E-state index in [9.17, 15) is 0 Å². The zero-order valence-corrected chi connectivity index (χ0v) is 10.6. The van der Waals surface area contributed by atoms with E-state index in [1.54, 1.807) is 4.68 Å². The normalized spacial score (nSPS) is 10.5. The highest BCUT2D eigenvalue weighted by Crippen LogP contribution is 2.11. The van der Waals surface area contributed by atoms with Gasteiger partial charge in [0, 0.05) is 36.9 Å². The predicted molar refractivity (Wildman–Crippen MR) is 71.4 cm³/mol. The smallest absolute Gasteiger partial charge is 0.0539 e. The molecule has 2 aromatic rings. The Morgan fingerprint density at radius 2 is 2.00 bits per heavy atom. The molecule has 1 aromatic heterocycles. The molecule has 0 aliphatic heterocycles. The van der Waals surface area contributed by atoms with E-state index in [1.807, 2.05) is 19.4 Å². The maximum absolute atomic E-state index is 5.69. The van der Waals surface area contributed by atoms with Crippen molar-refractivity contribution in [2.24, 2.45) is 7.05 Å². The lowest BCUT2D eigenvalue weighted by atomic mass is 10.1. The Kier molecular flexibility index (Phi) is 4.04. The zero-order chi connectivity index (χ0) is 12.1. The van der Waals surface area contributed by atoms with Crippen LogP contribution in [0.5, 0.6) is 0 Å². The first-order valence-electron chi connectivity index (χ1n) is 5.64. The average molecular weight is 250 g/mol. The van der Waals surface area contributed by atoms with Crippen LogP contribution in [0, 0.1) is 0 Å². The molecular weight excluding hydrogens is 234 g/mol. The van der Waals surface area contributed by atoms with Gasteiger partial charge in [-0.05, 0) is 24.1 Å². The van der Waals surface area contributed by atoms with Gasteiger partial charge in [0.1, 0.15) is 0 Å². The Bertz CT molecular complexity index is 462. The number of nitrogens with zero attached hydrogens (tertiary/aromatic N) is 2. The van der Waals surface area contributed by atoms with Crippen molar-refractivity contribution < 1.29 is 0 Å². The van der Waals surface area contributed by atoms with Gasteiger partial charge in [-0.2, -0.15) is 5.10 Å². The van der Waals surface area contributed by atoms with Crippen LogP contribution in [0.3, 0.4) is 0 Å². The van der Waals surface area contributed by atoms with E-state index >= 15 is 0 Å². The van der Waals surface area contributed by atoms with E-state index < -0.39 is 0 Å². The fourth-order valence-electron chi connectivity index (χ4n) is 1.67. The summed E-state index contributed by atoms with van der Waals surface area (Å²) < 4.78 is 1.81. The molecule has 0 amide bonds. The molecule has 0 saturated heterocycles. The van der Waals surface area contributed by atoms with Crippen LogP contribution in [0.2, 0.25) is 0 Å². The molecule has 0 saturated carbocycles.